The van der Waals surface area contributed by atoms with Gasteiger partial charge in [0.2, 0.25) is 5.91 Å². The number of anilines is 1. The van der Waals surface area contributed by atoms with Crippen molar-refractivity contribution < 1.29 is 4.79 Å². The molecule has 0 saturated heterocycles. The topological polar surface area (TPSA) is 53.2 Å². The molecular weight excluding hydrogens is 222 g/mol. The molecule has 5 heteroatoms. The Labute approximate surface area is 100 Å². The van der Waals surface area contributed by atoms with E-state index in [1.54, 1.807) is 0 Å². The third-order valence-electron chi connectivity index (χ3n) is 1.99. The van der Waals surface area contributed by atoms with Gasteiger partial charge in [-0.15, -0.1) is 0 Å². The number of hydrogen-bond acceptors (Lipinski definition) is 2. The fraction of sp³-hybridized carbons (Fsp3) is 0.273. The molecule has 0 fully saturated rings. The molecule has 16 heavy (non-hydrogen) atoms. The van der Waals surface area contributed by atoms with Crippen LogP contribution in [0.3, 0.4) is 0 Å². The van der Waals surface area contributed by atoms with Crippen LogP contribution in [0.25, 0.3) is 0 Å². The summed E-state index contributed by atoms with van der Waals surface area (Å²) >= 11 is 5.02. The third kappa shape index (κ3) is 3.86. The molecule has 0 aliphatic rings. The van der Waals surface area contributed by atoms with E-state index >= 15 is 0 Å². The number of carbonyl (C=O) groups excluding carboxylic acids is 1. The van der Waals surface area contributed by atoms with Gasteiger partial charge in [0.25, 0.3) is 0 Å². The number of amides is 1. The average Bonchev–Trinajstić information content (AvgIpc) is 2.20. The standard InChI is InChI=1S/C11H15N3OS/c1-7-4-5-8(2)10(6-7)12-11(16)14-13-9(3)15/h4-6H,1-3H3,(H,13,15)(H2,12,14,16). The largest absolute Gasteiger partial charge is 0.331 e. The van der Waals surface area contributed by atoms with Gasteiger partial charge in [-0.25, -0.2) is 0 Å². The zero-order chi connectivity index (χ0) is 12.1. The smallest absolute Gasteiger partial charge is 0.235 e. The summed E-state index contributed by atoms with van der Waals surface area (Å²) in [6.45, 7) is 5.41. The van der Waals surface area contributed by atoms with Gasteiger partial charge in [0, 0.05) is 12.6 Å². The Bertz CT molecular complexity index is 418. The first-order valence-electron chi connectivity index (χ1n) is 4.90. The molecule has 0 aliphatic heterocycles. The molecule has 0 atom stereocenters. The summed E-state index contributed by atoms with van der Waals surface area (Å²) in [5, 5.41) is 3.38. The third-order valence-corrected chi connectivity index (χ3v) is 2.20. The quantitative estimate of drug-likeness (QED) is 0.513. The minimum absolute atomic E-state index is 0.190. The van der Waals surface area contributed by atoms with Crippen LogP contribution < -0.4 is 16.2 Å². The Morgan fingerprint density at radius 3 is 2.56 bits per heavy atom. The summed E-state index contributed by atoms with van der Waals surface area (Å²) in [7, 11) is 0. The molecule has 0 unspecified atom stereocenters. The number of benzene rings is 1. The van der Waals surface area contributed by atoms with Crippen LogP contribution in [0, 0.1) is 13.8 Å². The Morgan fingerprint density at radius 1 is 1.25 bits per heavy atom. The molecule has 0 spiro atoms. The van der Waals surface area contributed by atoms with E-state index in [9.17, 15) is 4.79 Å². The number of thiocarbonyl (C=S) groups is 1. The highest BCUT2D eigenvalue weighted by Gasteiger charge is 2.01. The van der Waals surface area contributed by atoms with Crippen LogP contribution in [-0.2, 0) is 4.79 Å². The van der Waals surface area contributed by atoms with Crippen LogP contribution >= 0.6 is 12.2 Å². The molecular formula is C11H15N3OS. The molecule has 1 rings (SSSR count). The summed E-state index contributed by atoms with van der Waals surface area (Å²) in [5.41, 5.74) is 8.18. The van der Waals surface area contributed by atoms with Crippen molar-refractivity contribution in [2.75, 3.05) is 5.32 Å². The van der Waals surface area contributed by atoms with Crippen molar-refractivity contribution in [2.24, 2.45) is 0 Å². The van der Waals surface area contributed by atoms with Crippen LogP contribution in [0.5, 0.6) is 0 Å². The number of nitrogens with one attached hydrogen (secondary N) is 3. The Kier molecular flexibility index (Phi) is 4.25. The molecule has 86 valence electrons. The summed E-state index contributed by atoms with van der Waals surface area (Å²) in [5.74, 6) is -0.190. The monoisotopic (exact) mass is 237 g/mol. The van der Waals surface area contributed by atoms with E-state index in [-0.39, 0.29) is 5.91 Å². The molecule has 0 radical (unpaired) electrons. The predicted octanol–water partition coefficient (Wildman–Crippen LogP) is 1.64. The summed E-state index contributed by atoms with van der Waals surface area (Å²) in [6.07, 6.45) is 0. The van der Waals surface area contributed by atoms with Gasteiger partial charge in [0.1, 0.15) is 0 Å². The van der Waals surface area contributed by atoms with Crippen molar-refractivity contribution in [2.45, 2.75) is 20.8 Å². The lowest BCUT2D eigenvalue weighted by molar-refractivity contribution is -0.119. The van der Waals surface area contributed by atoms with Crippen molar-refractivity contribution in [3.8, 4) is 0 Å². The lowest BCUT2D eigenvalue weighted by Gasteiger charge is -2.12. The van der Waals surface area contributed by atoms with E-state index < -0.39 is 0 Å². The number of aryl methyl sites for hydroxylation is 2. The molecule has 0 aromatic heterocycles. The first kappa shape index (κ1) is 12.4. The normalized spacial score (nSPS) is 9.44. The second-order valence-corrected chi connectivity index (χ2v) is 3.99. The van der Waals surface area contributed by atoms with Gasteiger partial charge in [-0.05, 0) is 43.3 Å². The molecule has 0 heterocycles. The van der Waals surface area contributed by atoms with E-state index in [0.717, 1.165) is 16.8 Å². The van der Waals surface area contributed by atoms with Crippen LogP contribution in [0.15, 0.2) is 18.2 Å². The van der Waals surface area contributed by atoms with Crippen LogP contribution in [0.2, 0.25) is 0 Å². The molecule has 1 aromatic carbocycles. The Balaban J connectivity index is 2.62. The van der Waals surface area contributed by atoms with Crippen molar-refractivity contribution >= 4 is 28.9 Å². The second kappa shape index (κ2) is 5.46. The first-order valence-corrected chi connectivity index (χ1v) is 5.30. The number of hydrogen-bond donors (Lipinski definition) is 3. The highest BCUT2D eigenvalue weighted by atomic mass is 32.1. The van der Waals surface area contributed by atoms with Crippen LogP contribution in [0.1, 0.15) is 18.1 Å². The highest BCUT2D eigenvalue weighted by molar-refractivity contribution is 7.80. The van der Waals surface area contributed by atoms with Crippen molar-refractivity contribution in [3.63, 3.8) is 0 Å². The zero-order valence-electron chi connectivity index (χ0n) is 9.55. The molecule has 1 aromatic rings. The minimum Gasteiger partial charge on any atom is -0.331 e. The maximum Gasteiger partial charge on any atom is 0.235 e. The second-order valence-electron chi connectivity index (χ2n) is 3.58. The van der Waals surface area contributed by atoms with Gasteiger partial charge in [-0.1, -0.05) is 12.1 Å². The lowest BCUT2D eigenvalue weighted by Crippen LogP contribution is -2.42. The van der Waals surface area contributed by atoms with Crippen molar-refractivity contribution in [1.29, 1.82) is 0 Å². The summed E-state index contributed by atoms with van der Waals surface area (Å²) in [4.78, 5) is 10.7. The summed E-state index contributed by atoms with van der Waals surface area (Å²) in [6, 6.07) is 6.04. The number of rotatable bonds is 1. The van der Waals surface area contributed by atoms with Gasteiger partial charge in [0.15, 0.2) is 5.11 Å². The number of hydrazine groups is 1. The molecule has 3 N–H and O–H groups in total. The fourth-order valence-electron chi connectivity index (χ4n) is 1.17. The van der Waals surface area contributed by atoms with E-state index in [1.807, 2.05) is 32.0 Å². The highest BCUT2D eigenvalue weighted by Crippen LogP contribution is 2.15. The fourth-order valence-corrected chi connectivity index (χ4v) is 1.33. The van der Waals surface area contributed by atoms with Gasteiger partial charge in [0.05, 0.1) is 0 Å². The molecule has 0 saturated carbocycles. The SMILES string of the molecule is CC(=O)NNC(=S)Nc1cc(C)ccc1C. The molecule has 4 nitrogen and oxygen atoms in total. The van der Waals surface area contributed by atoms with Crippen LogP contribution in [0.4, 0.5) is 5.69 Å². The van der Waals surface area contributed by atoms with Crippen molar-refractivity contribution in [3.05, 3.63) is 29.3 Å². The Morgan fingerprint density at radius 2 is 1.94 bits per heavy atom. The lowest BCUT2D eigenvalue weighted by atomic mass is 10.1. The van der Waals surface area contributed by atoms with Crippen molar-refractivity contribution in [1.82, 2.24) is 10.9 Å². The maximum absolute atomic E-state index is 10.7. The molecule has 1 amide bonds. The van der Waals surface area contributed by atoms with E-state index in [2.05, 4.69) is 16.2 Å². The zero-order valence-corrected chi connectivity index (χ0v) is 10.4. The van der Waals surface area contributed by atoms with Gasteiger partial charge >= 0.3 is 0 Å². The Hall–Kier alpha value is -1.62. The maximum atomic E-state index is 10.7. The first-order chi connectivity index (χ1) is 7.49. The van der Waals surface area contributed by atoms with Gasteiger partial charge in [-0.3, -0.25) is 15.6 Å². The van der Waals surface area contributed by atoms with E-state index in [1.165, 1.54) is 6.92 Å². The van der Waals surface area contributed by atoms with E-state index in [0.29, 0.717) is 5.11 Å². The molecule has 0 bridgehead atoms. The summed E-state index contributed by atoms with van der Waals surface area (Å²) < 4.78 is 0. The molecule has 0 aliphatic carbocycles. The number of carbonyl (C=O) groups is 1. The van der Waals surface area contributed by atoms with Gasteiger partial charge < -0.3 is 5.32 Å². The van der Waals surface area contributed by atoms with Crippen LogP contribution in [-0.4, -0.2) is 11.0 Å². The van der Waals surface area contributed by atoms with Gasteiger partial charge in [-0.2, -0.15) is 0 Å². The average molecular weight is 237 g/mol. The van der Waals surface area contributed by atoms with E-state index in [4.69, 9.17) is 12.2 Å². The minimum atomic E-state index is -0.190. The predicted molar refractivity (Wildman–Crippen MR) is 69.1 cm³/mol.